The molecule has 16 heavy (non-hydrogen) atoms. The molecule has 1 fully saturated rings. The minimum atomic E-state index is 0.830. The quantitative estimate of drug-likeness (QED) is 0.745. The van der Waals surface area contributed by atoms with Crippen LogP contribution in [0.4, 0.5) is 0 Å². The van der Waals surface area contributed by atoms with Gasteiger partial charge in [-0.05, 0) is 55.7 Å². The normalized spacial score (nSPS) is 18.9. The van der Waals surface area contributed by atoms with Crippen LogP contribution in [0.3, 0.4) is 0 Å². The Kier molecular flexibility index (Phi) is 2.47. The molecule has 1 nitrogen and oxygen atoms in total. The van der Waals surface area contributed by atoms with Gasteiger partial charge in [-0.25, -0.2) is 0 Å². The zero-order valence-electron chi connectivity index (χ0n) is 9.83. The van der Waals surface area contributed by atoms with Crippen LogP contribution < -0.4 is 0 Å². The van der Waals surface area contributed by atoms with E-state index in [1.165, 1.54) is 29.5 Å². The maximum atomic E-state index is 5.95. The third-order valence-electron chi connectivity index (χ3n) is 3.57. The Bertz CT molecular complexity index is 427. The van der Waals surface area contributed by atoms with Gasteiger partial charge in [0.1, 0.15) is 5.76 Å². The van der Waals surface area contributed by atoms with Gasteiger partial charge in [0, 0.05) is 5.56 Å². The molecule has 0 atom stereocenters. The fraction of sp³-hybridized carbons (Fsp3) is 0.467. The fourth-order valence-electron chi connectivity index (χ4n) is 2.35. The Morgan fingerprint density at radius 1 is 1.31 bits per heavy atom. The second kappa shape index (κ2) is 3.97. The molecular weight excluding hydrogens is 196 g/mol. The van der Waals surface area contributed by atoms with Crippen molar-refractivity contribution in [2.24, 2.45) is 5.92 Å². The molecule has 0 amide bonds. The van der Waals surface area contributed by atoms with Gasteiger partial charge in [0.15, 0.2) is 0 Å². The number of aryl methyl sites for hydroxylation is 1. The first-order valence-electron chi connectivity index (χ1n) is 6.26. The first kappa shape index (κ1) is 9.95. The summed E-state index contributed by atoms with van der Waals surface area (Å²) in [5.41, 5.74) is 4.21. The molecule has 0 unspecified atom stereocenters. The van der Waals surface area contributed by atoms with Crippen molar-refractivity contribution in [3.05, 3.63) is 41.0 Å². The molecule has 2 aliphatic carbocycles. The SMILES string of the molecule is Cc1cccc2c1CCC=C2OCC1CC1. The van der Waals surface area contributed by atoms with Gasteiger partial charge in [0.2, 0.25) is 0 Å². The molecule has 0 bridgehead atoms. The number of ether oxygens (including phenoxy) is 1. The maximum Gasteiger partial charge on any atom is 0.122 e. The lowest BCUT2D eigenvalue weighted by atomic mass is 9.92. The fourth-order valence-corrected chi connectivity index (χ4v) is 2.35. The molecule has 0 radical (unpaired) electrons. The predicted molar refractivity (Wildman–Crippen MR) is 66.2 cm³/mol. The van der Waals surface area contributed by atoms with Crippen LogP contribution in [0, 0.1) is 12.8 Å². The van der Waals surface area contributed by atoms with Crippen molar-refractivity contribution in [1.29, 1.82) is 0 Å². The molecule has 0 heterocycles. The van der Waals surface area contributed by atoms with Gasteiger partial charge in [-0.1, -0.05) is 18.2 Å². The van der Waals surface area contributed by atoms with Crippen LogP contribution in [0.15, 0.2) is 24.3 Å². The van der Waals surface area contributed by atoms with Crippen LogP contribution in [-0.4, -0.2) is 6.61 Å². The topological polar surface area (TPSA) is 9.23 Å². The molecule has 1 aromatic carbocycles. The second-order valence-electron chi connectivity index (χ2n) is 4.96. The van der Waals surface area contributed by atoms with Gasteiger partial charge in [-0.2, -0.15) is 0 Å². The zero-order chi connectivity index (χ0) is 11.0. The second-order valence-corrected chi connectivity index (χ2v) is 4.96. The van der Waals surface area contributed by atoms with Crippen LogP contribution in [-0.2, 0) is 11.2 Å². The number of hydrogen-bond donors (Lipinski definition) is 0. The first-order valence-corrected chi connectivity index (χ1v) is 6.26. The van der Waals surface area contributed by atoms with Crippen molar-refractivity contribution in [3.8, 4) is 0 Å². The lowest BCUT2D eigenvalue weighted by Crippen LogP contribution is -2.05. The molecule has 1 heteroatoms. The van der Waals surface area contributed by atoms with E-state index in [0.717, 1.165) is 31.1 Å². The first-order chi connectivity index (χ1) is 7.84. The van der Waals surface area contributed by atoms with Crippen LogP contribution in [0.1, 0.15) is 36.0 Å². The molecule has 0 aliphatic heterocycles. The summed E-state index contributed by atoms with van der Waals surface area (Å²) in [5, 5.41) is 0. The zero-order valence-corrected chi connectivity index (χ0v) is 9.83. The van der Waals surface area contributed by atoms with Gasteiger partial charge >= 0.3 is 0 Å². The Balaban J connectivity index is 1.84. The van der Waals surface area contributed by atoms with Crippen molar-refractivity contribution >= 4 is 5.76 Å². The van der Waals surface area contributed by atoms with E-state index in [1.54, 1.807) is 0 Å². The summed E-state index contributed by atoms with van der Waals surface area (Å²) in [7, 11) is 0. The van der Waals surface area contributed by atoms with E-state index in [2.05, 4.69) is 31.2 Å². The monoisotopic (exact) mass is 214 g/mol. The summed E-state index contributed by atoms with van der Waals surface area (Å²) in [6.45, 7) is 3.11. The molecule has 3 rings (SSSR count). The van der Waals surface area contributed by atoms with Crippen LogP contribution in [0.25, 0.3) is 5.76 Å². The van der Waals surface area contributed by atoms with Crippen molar-refractivity contribution in [2.75, 3.05) is 6.61 Å². The summed E-state index contributed by atoms with van der Waals surface area (Å²) < 4.78 is 5.95. The highest BCUT2D eigenvalue weighted by molar-refractivity contribution is 5.66. The summed E-state index contributed by atoms with van der Waals surface area (Å²) in [6.07, 6.45) is 7.25. The Labute approximate surface area is 97.1 Å². The number of fused-ring (bicyclic) bond motifs is 1. The van der Waals surface area contributed by atoms with E-state index < -0.39 is 0 Å². The van der Waals surface area contributed by atoms with Gasteiger partial charge in [0.25, 0.3) is 0 Å². The molecule has 1 aromatic rings. The summed E-state index contributed by atoms with van der Waals surface area (Å²) in [6, 6.07) is 6.52. The van der Waals surface area contributed by atoms with Crippen molar-refractivity contribution < 1.29 is 4.74 Å². The van der Waals surface area contributed by atoms with E-state index in [1.807, 2.05) is 0 Å². The van der Waals surface area contributed by atoms with Crippen molar-refractivity contribution in [1.82, 2.24) is 0 Å². The van der Waals surface area contributed by atoms with Crippen molar-refractivity contribution in [3.63, 3.8) is 0 Å². The van der Waals surface area contributed by atoms with Crippen LogP contribution >= 0.6 is 0 Å². The van der Waals surface area contributed by atoms with Gasteiger partial charge < -0.3 is 4.74 Å². The van der Waals surface area contributed by atoms with E-state index in [-0.39, 0.29) is 0 Å². The average Bonchev–Trinajstić information content (AvgIpc) is 3.11. The molecular formula is C15H18O. The average molecular weight is 214 g/mol. The third-order valence-corrected chi connectivity index (χ3v) is 3.57. The molecule has 0 aromatic heterocycles. The van der Waals surface area contributed by atoms with E-state index in [9.17, 15) is 0 Å². The smallest absolute Gasteiger partial charge is 0.122 e. The molecule has 84 valence electrons. The molecule has 0 spiro atoms. The minimum Gasteiger partial charge on any atom is -0.493 e. The van der Waals surface area contributed by atoms with E-state index in [4.69, 9.17) is 4.74 Å². The number of hydrogen-bond acceptors (Lipinski definition) is 1. The lowest BCUT2D eigenvalue weighted by Gasteiger charge is -2.20. The summed E-state index contributed by atoms with van der Waals surface area (Å²) in [4.78, 5) is 0. The third kappa shape index (κ3) is 1.87. The number of rotatable bonds is 3. The molecule has 0 saturated heterocycles. The van der Waals surface area contributed by atoms with E-state index in [0.29, 0.717) is 0 Å². The van der Waals surface area contributed by atoms with Gasteiger partial charge in [0.05, 0.1) is 6.61 Å². The highest BCUT2D eigenvalue weighted by Gasteiger charge is 2.23. The lowest BCUT2D eigenvalue weighted by molar-refractivity contribution is 0.259. The molecule has 2 aliphatic rings. The summed E-state index contributed by atoms with van der Waals surface area (Å²) in [5.74, 6) is 1.95. The number of allylic oxidation sites excluding steroid dienone is 1. The highest BCUT2D eigenvalue weighted by atomic mass is 16.5. The molecule has 0 N–H and O–H groups in total. The van der Waals surface area contributed by atoms with Crippen molar-refractivity contribution in [2.45, 2.75) is 32.6 Å². The number of benzene rings is 1. The minimum absolute atomic E-state index is 0.830. The standard InChI is InChI=1S/C15H18O/c1-11-4-2-6-14-13(11)5-3-7-15(14)16-10-12-8-9-12/h2,4,6-7,12H,3,5,8-10H2,1H3. The Hall–Kier alpha value is -1.24. The Morgan fingerprint density at radius 2 is 2.19 bits per heavy atom. The van der Waals surface area contributed by atoms with Gasteiger partial charge in [-0.3, -0.25) is 0 Å². The van der Waals surface area contributed by atoms with Crippen LogP contribution in [0.5, 0.6) is 0 Å². The van der Waals surface area contributed by atoms with Gasteiger partial charge in [-0.15, -0.1) is 0 Å². The molecule has 1 saturated carbocycles. The Morgan fingerprint density at radius 3 is 3.00 bits per heavy atom. The summed E-state index contributed by atoms with van der Waals surface area (Å²) >= 11 is 0. The highest BCUT2D eigenvalue weighted by Crippen LogP contribution is 2.33. The maximum absolute atomic E-state index is 5.95. The largest absolute Gasteiger partial charge is 0.493 e. The predicted octanol–water partition coefficient (Wildman–Crippen LogP) is 3.71. The van der Waals surface area contributed by atoms with Crippen LogP contribution in [0.2, 0.25) is 0 Å². The van der Waals surface area contributed by atoms with E-state index >= 15 is 0 Å².